The number of hydrogen-bond donors (Lipinski definition) is 2. The summed E-state index contributed by atoms with van der Waals surface area (Å²) in [5.74, 6) is 0.437. The molecule has 3 aromatic carbocycles. The predicted octanol–water partition coefficient (Wildman–Crippen LogP) is 8.65. The number of sulfonamides is 1. The number of nitrogens with one attached hydrogen (secondary N) is 2. The summed E-state index contributed by atoms with van der Waals surface area (Å²) in [6.45, 7) is 9.43. The molecule has 4 heterocycles. The maximum absolute atomic E-state index is 14.0. The SMILES string of the molecule is CN(C)C[C@H]1CSc2cc(S(=O)(=O)NC(=O)c3ccc(N4CCN(CC5=C(c6ccc(Cl)cc6)CC(C)(C)CC5)CC4)cc3Oc3cnc4[nH]ccc4c3)cc([N+](=O)[O-])c2C1. The Morgan fingerprint density at radius 3 is 2.59 bits per heavy atom. The topological polar surface area (TPSA) is 154 Å². The van der Waals surface area contributed by atoms with Crippen LogP contribution in [-0.2, 0) is 16.4 Å². The highest BCUT2D eigenvalue weighted by atomic mass is 35.5. The quantitative estimate of drug-likeness (QED) is 0.0915. The van der Waals surface area contributed by atoms with Crippen molar-refractivity contribution in [2.24, 2.45) is 11.3 Å². The third-order valence-electron chi connectivity index (χ3n) is 11.8. The fraction of sp³-hybridized carbons (Fsp3) is 0.378. The van der Waals surface area contributed by atoms with E-state index >= 15 is 0 Å². The molecule has 0 spiro atoms. The van der Waals surface area contributed by atoms with E-state index in [4.69, 9.17) is 16.3 Å². The zero-order chi connectivity index (χ0) is 43.1. The van der Waals surface area contributed by atoms with Crippen molar-refractivity contribution < 1.29 is 22.9 Å². The lowest BCUT2D eigenvalue weighted by Crippen LogP contribution is -2.47. The van der Waals surface area contributed by atoms with Crippen LogP contribution >= 0.6 is 23.4 Å². The number of thioether (sulfide) groups is 1. The fourth-order valence-electron chi connectivity index (χ4n) is 8.66. The number of hydrogen-bond acceptors (Lipinski definition) is 11. The Hall–Kier alpha value is -4.93. The summed E-state index contributed by atoms with van der Waals surface area (Å²) in [7, 11) is -0.643. The van der Waals surface area contributed by atoms with Crippen molar-refractivity contribution in [1.29, 1.82) is 0 Å². The molecule has 1 fully saturated rings. The van der Waals surface area contributed by atoms with Gasteiger partial charge in [-0.15, -0.1) is 11.8 Å². The minimum Gasteiger partial charge on any atom is -0.455 e. The van der Waals surface area contributed by atoms with Gasteiger partial charge in [-0.05, 0) is 105 Å². The van der Waals surface area contributed by atoms with Gasteiger partial charge in [0.15, 0.2) is 0 Å². The van der Waals surface area contributed by atoms with Crippen molar-refractivity contribution >= 4 is 67.3 Å². The van der Waals surface area contributed by atoms with Crippen LogP contribution in [0.5, 0.6) is 11.5 Å². The lowest BCUT2D eigenvalue weighted by atomic mass is 9.72. The van der Waals surface area contributed by atoms with Crippen molar-refractivity contribution in [3.63, 3.8) is 0 Å². The largest absolute Gasteiger partial charge is 0.455 e. The fourth-order valence-corrected chi connectivity index (χ4v) is 11.1. The van der Waals surface area contributed by atoms with Crippen LogP contribution in [0.3, 0.4) is 0 Å². The molecule has 2 aromatic heterocycles. The minimum absolute atomic E-state index is 0.0182. The van der Waals surface area contributed by atoms with E-state index in [-0.39, 0.29) is 33.2 Å². The van der Waals surface area contributed by atoms with Crippen LogP contribution in [0.1, 0.15) is 54.6 Å². The lowest BCUT2D eigenvalue weighted by molar-refractivity contribution is -0.386. The van der Waals surface area contributed by atoms with E-state index in [0.29, 0.717) is 34.0 Å². The molecule has 320 valence electrons. The number of nitro groups is 1. The standard InChI is InChI=1S/C45H50ClN7O6S2/c1-45(2)13-11-32(39(24-45)30-5-7-33(46)8-6-30)27-51-15-17-52(18-16-51)34-9-10-37(41(21-34)59-35-20-31-12-14-47-43(31)48-25-35)44(54)49-61(57,58)36-22-40(53(55)56)38-19-29(26-50(3)4)28-60-42(38)23-36/h5-10,12,14,20-23,25,29H,11,13,15-19,24,26-28H2,1-4H3,(H,47,48)(H,49,54)/t29-/m0/s1. The van der Waals surface area contributed by atoms with Gasteiger partial charge in [0.1, 0.15) is 17.1 Å². The summed E-state index contributed by atoms with van der Waals surface area (Å²) in [5, 5.41) is 13.8. The number of fused-ring (bicyclic) bond motifs is 2. The van der Waals surface area contributed by atoms with Crippen molar-refractivity contribution in [2.75, 3.05) is 64.0 Å². The van der Waals surface area contributed by atoms with Crippen LogP contribution in [0.25, 0.3) is 16.6 Å². The first-order chi connectivity index (χ1) is 29.1. The number of anilines is 1. The number of nitrogens with zero attached hydrogens (tertiary/aromatic N) is 5. The molecule has 1 saturated heterocycles. The molecule has 8 rings (SSSR count). The zero-order valence-electron chi connectivity index (χ0n) is 34.7. The molecule has 2 aliphatic heterocycles. The summed E-state index contributed by atoms with van der Waals surface area (Å²) < 4.78 is 36.2. The molecule has 16 heteroatoms. The van der Waals surface area contributed by atoms with E-state index in [1.807, 2.05) is 37.2 Å². The van der Waals surface area contributed by atoms with Crippen molar-refractivity contribution in [3.05, 3.63) is 117 Å². The highest BCUT2D eigenvalue weighted by Crippen LogP contribution is 2.44. The molecule has 0 saturated carbocycles. The van der Waals surface area contributed by atoms with E-state index < -0.39 is 20.9 Å². The molecule has 1 amide bonds. The molecule has 3 aliphatic rings. The molecule has 13 nitrogen and oxygen atoms in total. The smallest absolute Gasteiger partial charge is 0.275 e. The highest BCUT2D eigenvalue weighted by molar-refractivity contribution is 7.99. The third-order valence-corrected chi connectivity index (χ3v) is 14.7. The molecule has 1 atom stereocenters. The van der Waals surface area contributed by atoms with Gasteiger partial charge in [0, 0.05) is 89.9 Å². The second-order valence-electron chi connectivity index (χ2n) is 17.3. The summed E-state index contributed by atoms with van der Waals surface area (Å²) in [4.78, 5) is 40.1. The maximum Gasteiger partial charge on any atom is 0.275 e. The summed E-state index contributed by atoms with van der Waals surface area (Å²) >= 11 is 7.64. The van der Waals surface area contributed by atoms with E-state index in [1.54, 1.807) is 30.5 Å². The molecule has 2 N–H and O–H groups in total. The van der Waals surface area contributed by atoms with Gasteiger partial charge in [0.05, 0.1) is 21.6 Å². The van der Waals surface area contributed by atoms with Crippen LogP contribution in [0.4, 0.5) is 11.4 Å². The average molecular weight is 885 g/mol. The molecule has 0 unspecified atom stereocenters. The highest BCUT2D eigenvalue weighted by Gasteiger charge is 2.33. The first-order valence-corrected chi connectivity index (χ1v) is 23.3. The van der Waals surface area contributed by atoms with Crippen molar-refractivity contribution in [1.82, 2.24) is 24.5 Å². The monoisotopic (exact) mass is 883 g/mol. The number of ether oxygens (including phenoxy) is 1. The molecule has 61 heavy (non-hydrogen) atoms. The second-order valence-corrected chi connectivity index (χ2v) is 20.5. The van der Waals surface area contributed by atoms with Gasteiger partial charge in [-0.1, -0.05) is 43.2 Å². The summed E-state index contributed by atoms with van der Waals surface area (Å²) in [5.41, 5.74) is 6.06. The lowest BCUT2D eigenvalue weighted by Gasteiger charge is -2.39. The van der Waals surface area contributed by atoms with Crippen molar-refractivity contribution in [2.45, 2.75) is 49.3 Å². The Morgan fingerprint density at radius 1 is 1.08 bits per heavy atom. The van der Waals surface area contributed by atoms with E-state index in [9.17, 15) is 23.3 Å². The number of halogens is 1. The number of nitro benzene ring substituents is 1. The number of benzene rings is 3. The first-order valence-electron chi connectivity index (χ1n) is 20.5. The molecule has 0 radical (unpaired) electrons. The number of carbonyl (C=O) groups excluding carboxylic acids is 1. The number of rotatable bonds is 12. The number of carbonyl (C=O) groups is 1. The number of pyridine rings is 1. The van der Waals surface area contributed by atoms with Crippen LogP contribution in [-0.4, -0.2) is 98.1 Å². The Balaban J connectivity index is 1.03. The number of amides is 1. The maximum atomic E-state index is 14.0. The Morgan fingerprint density at radius 2 is 1.85 bits per heavy atom. The number of allylic oxidation sites excluding steroid dienone is 1. The second kappa shape index (κ2) is 17.4. The molecular formula is C45H50ClN7O6S2. The summed E-state index contributed by atoms with van der Waals surface area (Å²) in [6, 6.07) is 19.4. The molecule has 0 bridgehead atoms. The normalized spacial score (nSPS) is 18.3. The zero-order valence-corrected chi connectivity index (χ0v) is 37.1. The van der Waals surface area contributed by atoms with Gasteiger partial charge >= 0.3 is 0 Å². The predicted molar refractivity (Wildman–Crippen MR) is 241 cm³/mol. The molecule has 5 aromatic rings. The van der Waals surface area contributed by atoms with Crippen LogP contribution in [0, 0.1) is 21.4 Å². The van der Waals surface area contributed by atoms with Gasteiger partial charge < -0.3 is 19.5 Å². The van der Waals surface area contributed by atoms with Gasteiger partial charge in [-0.25, -0.2) is 18.1 Å². The van der Waals surface area contributed by atoms with E-state index in [1.165, 1.54) is 40.7 Å². The Labute approximate surface area is 365 Å². The van der Waals surface area contributed by atoms with Crippen LogP contribution in [0.2, 0.25) is 5.02 Å². The average Bonchev–Trinajstić information content (AvgIpc) is 3.69. The molecule has 1 aliphatic carbocycles. The van der Waals surface area contributed by atoms with Crippen LogP contribution < -0.4 is 14.4 Å². The van der Waals surface area contributed by atoms with Crippen LogP contribution in [0.15, 0.2) is 94.5 Å². The third kappa shape index (κ3) is 9.76. The first kappa shape index (κ1) is 42.7. The number of aromatic nitrogens is 2. The van der Waals surface area contributed by atoms with Gasteiger partial charge in [0.25, 0.3) is 21.6 Å². The van der Waals surface area contributed by atoms with E-state index in [0.717, 1.165) is 80.7 Å². The van der Waals surface area contributed by atoms with E-state index in [2.05, 4.69) is 50.5 Å². The Kier molecular flexibility index (Phi) is 12.2. The Bertz CT molecular complexity index is 2620. The minimum atomic E-state index is -4.54. The number of piperazine rings is 1. The van der Waals surface area contributed by atoms with Crippen molar-refractivity contribution in [3.8, 4) is 11.5 Å². The summed E-state index contributed by atoms with van der Waals surface area (Å²) in [6.07, 6.45) is 6.96. The molecular weight excluding hydrogens is 834 g/mol. The number of aromatic amines is 1. The van der Waals surface area contributed by atoms with Gasteiger partial charge in [-0.2, -0.15) is 0 Å². The number of H-pyrrole nitrogens is 1. The van der Waals surface area contributed by atoms with Gasteiger partial charge in [0.2, 0.25) is 0 Å². The van der Waals surface area contributed by atoms with Gasteiger partial charge in [-0.3, -0.25) is 19.8 Å².